The van der Waals surface area contributed by atoms with Crippen molar-refractivity contribution in [1.82, 2.24) is 5.17 Å². The lowest BCUT2D eigenvalue weighted by Gasteiger charge is -2.19. The van der Waals surface area contributed by atoms with Crippen molar-refractivity contribution >= 4 is 21.1 Å². The Morgan fingerprint density at radius 3 is 2.04 bits per heavy atom. The molecule has 1 amide bonds. The number of hydrogen-bond donors (Lipinski definition) is 2. The van der Waals surface area contributed by atoms with Gasteiger partial charge in [0.05, 0.1) is 4.86 Å². The number of hydrogen-bond acceptors (Lipinski definition) is 5. The van der Waals surface area contributed by atoms with Gasteiger partial charge in [-0.1, -0.05) is 60.7 Å². The zero-order valence-electron chi connectivity index (χ0n) is 12.2. The Balaban J connectivity index is 2.51. The maximum atomic E-state index is 12.2. The summed E-state index contributed by atoms with van der Waals surface area (Å²) in [6, 6.07) is 17.2. The second kappa shape index (κ2) is 7.68. The third-order valence-corrected chi connectivity index (χ3v) is 4.17. The molecule has 2 aromatic rings. The predicted octanol–water partition coefficient (Wildman–Crippen LogP) is 1.16. The fourth-order valence-corrected chi connectivity index (χ4v) is 3.01. The number of nitrogens with two attached hydrogens (primary N) is 1. The Morgan fingerprint density at radius 2 is 1.57 bits per heavy atom. The van der Waals surface area contributed by atoms with E-state index in [2.05, 4.69) is 0 Å². The SMILES string of the molecule is NN(O)C(=O)C(C(Cc1ccccc1)=S(=O)=O)c1ccccc1. The van der Waals surface area contributed by atoms with Crippen LogP contribution in [0.25, 0.3) is 0 Å². The molecular weight excluding hydrogens is 316 g/mol. The number of nitrogens with zero attached hydrogens (tertiary/aromatic N) is 1. The number of rotatable bonds is 5. The normalized spacial score (nSPS) is 11.6. The van der Waals surface area contributed by atoms with Gasteiger partial charge in [-0.25, -0.2) is 5.84 Å². The Morgan fingerprint density at radius 1 is 1.04 bits per heavy atom. The van der Waals surface area contributed by atoms with Crippen LogP contribution in [-0.2, 0) is 21.5 Å². The number of carbonyl (C=O) groups excluding carboxylic acids is 1. The van der Waals surface area contributed by atoms with E-state index in [1.165, 1.54) is 0 Å². The van der Waals surface area contributed by atoms with Gasteiger partial charge >= 0.3 is 0 Å². The first-order valence-electron chi connectivity index (χ1n) is 6.82. The van der Waals surface area contributed by atoms with Crippen LogP contribution in [0.2, 0.25) is 0 Å². The molecule has 0 fully saturated rings. The van der Waals surface area contributed by atoms with Crippen LogP contribution in [0.5, 0.6) is 0 Å². The molecular formula is C16H16N2O4S. The van der Waals surface area contributed by atoms with Crippen molar-refractivity contribution in [3.8, 4) is 0 Å². The van der Waals surface area contributed by atoms with Crippen molar-refractivity contribution in [2.24, 2.45) is 5.84 Å². The molecule has 0 radical (unpaired) electrons. The zero-order valence-corrected chi connectivity index (χ0v) is 13.0. The lowest BCUT2D eigenvalue weighted by atomic mass is 9.91. The van der Waals surface area contributed by atoms with Crippen LogP contribution in [0.4, 0.5) is 0 Å². The second-order valence-corrected chi connectivity index (χ2v) is 5.88. The number of amides is 1. The predicted molar refractivity (Wildman–Crippen MR) is 86.1 cm³/mol. The third kappa shape index (κ3) is 4.26. The fourth-order valence-electron chi connectivity index (χ4n) is 2.30. The Kier molecular flexibility index (Phi) is 5.64. The molecule has 0 aliphatic heterocycles. The summed E-state index contributed by atoms with van der Waals surface area (Å²) in [5, 5.41) is 9.22. The van der Waals surface area contributed by atoms with E-state index in [0.29, 0.717) is 5.56 Å². The minimum atomic E-state index is -2.62. The first-order valence-corrected chi connectivity index (χ1v) is 7.89. The van der Waals surface area contributed by atoms with Crippen LogP contribution < -0.4 is 5.84 Å². The molecule has 23 heavy (non-hydrogen) atoms. The standard InChI is InChI=1S/C16H16N2O4S/c17-18(20)16(19)15(13-9-5-2-6-10-13)14(23(21)22)11-12-7-3-1-4-8-12/h1-10,15,20H,11,17H2. The summed E-state index contributed by atoms with van der Waals surface area (Å²) in [4.78, 5) is 12.2. The number of carbonyl (C=O) groups is 1. The number of benzene rings is 2. The molecule has 0 saturated carbocycles. The Hall–Kier alpha value is -2.48. The highest BCUT2D eigenvalue weighted by atomic mass is 32.2. The molecule has 7 heteroatoms. The molecule has 3 N–H and O–H groups in total. The van der Waals surface area contributed by atoms with Gasteiger partial charge in [-0.15, -0.1) is 0 Å². The van der Waals surface area contributed by atoms with E-state index in [-0.39, 0.29) is 16.5 Å². The average molecular weight is 332 g/mol. The van der Waals surface area contributed by atoms with E-state index >= 15 is 0 Å². The Bertz CT molecular complexity index is 794. The van der Waals surface area contributed by atoms with Gasteiger partial charge in [0, 0.05) is 6.42 Å². The van der Waals surface area contributed by atoms with Crippen molar-refractivity contribution in [3.05, 3.63) is 71.8 Å². The molecule has 120 valence electrons. The van der Waals surface area contributed by atoms with Crippen LogP contribution in [-0.4, -0.2) is 29.6 Å². The summed E-state index contributed by atoms with van der Waals surface area (Å²) in [5.74, 6) is 3.04. The van der Waals surface area contributed by atoms with Crippen LogP contribution in [0.15, 0.2) is 60.7 Å². The summed E-state index contributed by atoms with van der Waals surface area (Å²) < 4.78 is 23.4. The molecule has 2 rings (SSSR count). The molecule has 0 heterocycles. The first kappa shape index (κ1) is 16.9. The Labute approximate surface area is 135 Å². The van der Waals surface area contributed by atoms with Gasteiger partial charge in [0.1, 0.15) is 5.92 Å². The molecule has 2 aromatic carbocycles. The first-order chi connectivity index (χ1) is 11.0. The molecule has 6 nitrogen and oxygen atoms in total. The lowest BCUT2D eigenvalue weighted by Crippen LogP contribution is -2.41. The van der Waals surface area contributed by atoms with Crippen molar-refractivity contribution in [2.45, 2.75) is 12.3 Å². The number of hydrazine groups is 1. The van der Waals surface area contributed by atoms with Crippen molar-refractivity contribution in [1.29, 1.82) is 0 Å². The molecule has 0 aliphatic rings. The van der Waals surface area contributed by atoms with E-state index in [4.69, 9.17) is 5.84 Å². The zero-order chi connectivity index (χ0) is 16.8. The lowest BCUT2D eigenvalue weighted by molar-refractivity contribution is -0.166. The maximum Gasteiger partial charge on any atom is 0.273 e. The monoisotopic (exact) mass is 332 g/mol. The van der Waals surface area contributed by atoms with Crippen molar-refractivity contribution in [2.75, 3.05) is 0 Å². The molecule has 1 unspecified atom stereocenters. The summed E-state index contributed by atoms with van der Waals surface area (Å²) in [6.45, 7) is 0. The second-order valence-electron chi connectivity index (χ2n) is 4.89. The number of hydroxylamine groups is 1. The van der Waals surface area contributed by atoms with Gasteiger partial charge in [-0.05, 0) is 11.1 Å². The highest BCUT2D eigenvalue weighted by Crippen LogP contribution is 2.21. The van der Waals surface area contributed by atoms with Gasteiger partial charge in [-0.3, -0.25) is 10.0 Å². The van der Waals surface area contributed by atoms with Crippen molar-refractivity contribution < 1.29 is 18.4 Å². The van der Waals surface area contributed by atoms with Gasteiger partial charge in [-0.2, -0.15) is 13.6 Å². The molecule has 0 saturated heterocycles. The molecule has 0 bridgehead atoms. The van der Waals surface area contributed by atoms with Gasteiger partial charge in [0.15, 0.2) is 0 Å². The molecule has 0 aromatic heterocycles. The van der Waals surface area contributed by atoms with E-state index in [1.807, 2.05) is 6.07 Å². The summed E-state index contributed by atoms with van der Waals surface area (Å²) >= 11 is 0. The summed E-state index contributed by atoms with van der Waals surface area (Å²) in [6.07, 6.45) is 0.0517. The highest BCUT2D eigenvalue weighted by Gasteiger charge is 2.30. The molecule has 0 spiro atoms. The molecule has 1 atom stereocenters. The largest absolute Gasteiger partial charge is 0.273 e. The average Bonchev–Trinajstić information content (AvgIpc) is 2.55. The van der Waals surface area contributed by atoms with E-state index in [9.17, 15) is 18.4 Å². The third-order valence-electron chi connectivity index (χ3n) is 3.36. The van der Waals surface area contributed by atoms with Gasteiger partial charge in [0.25, 0.3) is 5.91 Å². The topological polar surface area (TPSA) is 101 Å². The van der Waals surface area contributed by atoms with E-state index < -0.39 is 22.1 Å². The maximum absolute atomic E-state index is 12.2. The van der Waals surface area contributed by atoms with Gasteiger partial charge in [0.2, 0.25) is 10.3 Å². The van der Waals surface area contributed by atoms with Crippen LogP contribution in [0.3, 0.4) is 0 Å². The quantitative estimate of drug-likeness (QED) is 0.281. The summed E-state index contributed by atoms with van der Waals surface area (Å²) in [5.41, 5.74) is 1.18. The van der Waals surface area contributed by atoms with Crippen LogP contribution in [0, 0.1) is 0 Å². The van der Waals surface area contributed by atoms with Gasteiger partial charge < -0.3 is 0 Å². The summed E-state index contributed by atoms with van der Waals surface area (Å²) in [7, 11) is -2.62. The van der Waals surface area contributed by atoms with Crippen LogP contribution >= 0.6 is 0 Å². The van der Waals surface area contributed by atoms with E-state index in [1.54, 1.807) is 54.6 Å². The highest BCUT2D eigenvalue weighted by molar-refractivity contribution is 7.73. The van der Waals surface area contributed by atoms with Crippen molar-refractivity contribution in [3.63, 3.8) is 0 Å². The fraction of sp³-hybridized carbons (Fsp3) is 0.125. The minimum absolute atomic E-state index is 0.0517. The van der Waals surface area contributed by atoms with Crippen LogP contribution in [0.1, 0.15) is 17.0 Å². The molecule has 0 aliphatic carbocycles. The minimum Gasteiger partial charge on any atom is -0.271 e. The van der Waals surface area contributed by atoms with E-state index in [0.717, 1.165) is 5.56 Å². The smallest absolute Gasteiger partial charge is 0.271 e.